The highest BCUT2D eigenvalue weighted by Crippen LogP contribution is 2.19. The van der Waals surface area contributed by atoms with Crippen LogP contribution in [0.4, 0.5) is 11.5 Å². The Morgan fingerprint density at radius 2 is 1.79 bits per heavy atom. The molecule has 1 N–H and O–H groups in total. The fraction of sp³-hybridized carbons (Fsp3) is 0.421. The Morgan fingerprint density at radius 3 is 2.33 bits per heavy atom. The van der Waals surface area contributed by atoms with Gasteiger partial charge in [0.15, 0.2) is 0 Å². The summed E-state index contributed by atoms with van der Waals surface area (Å²) in [7, 11) is 0. The average Bonchev–Trinajstić information content (AvgIpc) is 2.57. The van der Waals surface area contributed by atoms with E-state index >= 15 is 0 Å². The summed E-state index contributed by atoms with van der Waals surface area (Å²) < 4.78 is 0. The van der Waals surface area contributed by atoms with Gasteiger partial charge in [-0.15, -0.1) is 0 Å². The van der Waals surface area contributed by atoms with Crippen LogP contribution in [0.25, 0.3) is 0 Å². The Hall–Kier alpha value is -2.43. The maximum atomic E-state index is 12.5. The first-order valence-corrected chi connectivity index (χ1v) is 8.50. The highest BCUT2D eigenvalue weighted by Gasteiger charge is 2.16. The number of nitrogens with zero attached hydrogens (tertiary/aromatic N) is 3. The van der Waals surface area contributed by atoms with Crippen LogP contribution < -0.4 is 5.32 Å². The predicted octanol–water partition coefficient (Wildman–Crippen LogP) is 4.10. The van der Waals surface area contributed by atoms with Gasteiger partial charge in [0.05, 0.1) is 12.4 Å². The standard InChI is InChI=1S/C19H26N4O/c1-5-9-23(10-6-2)19(24)17-12-21-18(13-20-17)22-16-8-7-14(3)11-15(16)4/h7-8,11-13H,5-6,9-10H2,1-4H3,(H,21,22). The van der Waals surface area contributed by atoms with Crippen molar-refractivity contribution >= 4 is 17.4 Å². The lowest BCUT2D eigenvalue weighted by molar-refractivity contribution is 0.0749. The van der Waals surface area contributed by atoms with E-state index in [9.17, 15) is 4.79 Å². The number of carbonyl (C=O) groups is 1. The fourth-order valence-electron chi connectivity index (χ4n) is 2.61. The van der Waals surface area contributed by atoms with Crippen LogP contribution in [0.5, 0.6) is 0 Å². The molecule has 1 heterocycles. The molecule has 5 heteroatoms. The average molecular weight is 326 g/mol. The number of aryl methyl sites for hydroxylation is 2. The minimum absolute atomic E-state index is 0.0516. The molecule has 0 aliphatic rings. The lowest BCUT2D eigenvalue weighted by Gasteiger charge is -2.20. The third kappa shape index (κ3) is 4.54. The lowest BCUT2D eigenvalue weighted by atomic mass is 10.1. The van der Waals surface area contributed by atoms with Crippen molar-refractivity contribution in [2.45, 2.75) is 40.5 Å². The maximum Gasteiger partial charge on any atom is 0.274 e. The molecule has 2 rings (SSSR count). The molecule has 0 saturated carbocycles. The van der Waals surface area contributed by atoms with Crippen molar-refractivity contribution in [1.82, 2.24) is 14.9 Å². The lowest BCUT2D eigenvalue weighted by Crippen LogP contribution is -2.33. The van der Waals surface area contributed by atoms with Crippen LogP contribution in [0.15, 0.2) is 30.6 Å². The predicted molar refractivity (Wildman–Crippen MR) is 97.7 cm³/mol. The van der Waals surface area contributed by atoms with E-state index in [-0.39, 0.29) is 5.91 Å². The monoisotopic (exact) mass is 326 g/mol. The smallest absolute Gasteiger partial charge is 0.274 e. The largest absolute Gasteiger partial charge is 0.339 e. The zero-order chi connectivity index (χ0) is 17.5. The zero-order valence-electron chi connectivity index (χ0n) is 15.0. The van der Waals surface area contributed by atoms with E-state index in [4.69, 9.17) is 0 Å². The highest BCUT2D eigenvalue weighted by atomic mass is 16.2. The van der Waals surface area contributed by atoms with E-state index < -0.39 is 0 Å². The fourth-order valence-corrected chi connectivity index (χ4v) is 2.61. The van der Waals surface area contributed by atoms with Crippen molar-refractivity contribution in [2.24, 2.45) is 0 Å². The van der Waals surface area contributed by atoms with Crippen LogP contribution in [-0.4, -0.2) is 33.9 Å². The van der Waals surface area contributed by atoms with Crippen LogP contribution >= 0.6 is 0 Å². The minimum Gasteiger partial charge on any atom is -0.339 e. The van der Waals surface area contributed by atoms with E-state index in [1.54, 1.807) is 12.4 Å². The topological polar surface area (TPSA) is 58.1 Å². The van der Waals surface area contributed by atoms with Gasteiger partial charge in [-0.25, -0.2) is 9.97 Å². The molecule has 0 radical (unpaired) electrons. The van der Waals surface area contributed by atoms with Gasteiger partial charge in [0.1, 0.15) is 11.5 Å². The molecule has 0 saturated heterocycles. The molecular weight excluding hydrogens is 300 g/mol. The number of aromatic nitrogens is 2. The van der Waals surface area contributed by atoms with Gasteiger partial charge in [-0.3, -0.25) is 4.79 Å². The van der Waals surface area contributed by atoms with Gasteiger partial charge in [-0.1, -0.05) is 31.5 Å². The summed E-state index contributed by atoms with van der Waals surface area (Å²) in [4.78, 5) is 23.0. The normalized spacial score (nSPS) is 10.5. The van der Waals surface area contributed by atoms with Crippen LogP contribution in [0, 0.1) is 13.8 Å². The van der Waals surface area contributed by atoms with Gasteiger partial charge in [0, 0.05) is 18.8 Å². The van der Waals surface area contributed by atoms with Crippen molar-refractivity contribution in [3.8, 4) is 0 Å². The van der Waals surface area contributed by atoms with Crippen molar-refractivity contribution in [3.05, 3.63) is 47.4 Å². The first-order valence-electron chi connectivity index (χ1n) is 8.50. The number of rotatable bonds is 7. The molecule has 0 spiro atoms. The Morgan fingerprint density at radius 1 is 1.08 bits per heavy atom. The summed E-state index contributed by atoms with van der Waals surface area (Å²) in [6.45, 7) is 9.74. The molecule has 5 nitrogen and oxygen atoms in total. The second-order valence-corrected chi connectivity index (χ2v) is 6.02. The molecule has 1 aromatic heterocycles. The molecular formula is C19H26N4O. The Kier molecular flexibility index (Phi) is 6.29. The number of nitrogens with one attached hydrogen (secondary N) is 1. The van der Waals surface area contributed by atoms with E-state index in [1.807, 2.05) is 24.0 Å². The number of carbonyl (C=O) groups excluding carboxylic acids is 1. The van der Waals surface area contributed by atoms with Gasteiger partial charge in [-0.05, 0) is 38.3 Å². The molecule has 1 amide bonds. The summed E-state index contributed by atoms with van der Waals surface area (Å²) in [5.74, 6) is 0.584. The summed E-state index contributed by atoms with van der Waals surface area (Å²) in [6.07, 6.45) is 5.03. The quantitative estimate of drug-likeness (QED) is 0.832. The van der Waals surface area contributed by atoms with Crippen molar-refractivity contribution < 1.29 is 4.79 Å². The third-order valence-electron chi connectivity index (χ3n) is 3.79. The van der Waals surface area contributed by atoms with Crippen LogP contribution in [0.3, 0.4) is 0 Å². The second-order valence-electron chi connectivity index (χ2n) is 6.02. The van der Waals surface area contributed by atoms with Gasteiger partial charge >= 0.3 is 0 Å². The molecule has 0 unspecified atom stereocenters. The number of hydrogen-bond donors (Lipinski definition) is 1. The Bertz CT molecular complexity index is 676. The van der Waals surface area contributed by atoms with Crippen molar-refractivity contribution in [3.63, 3.8) is 0 Å². The Labute approximate surface area is 144 Å². The zero-order valence-corrected chi connectivity index (χ0v) is 15.0. The van der Waals surface area contributed by atoms with Gasteiger partial charge in [0.25, 0.3) is 5.91 Å². The van der Waals surface area contributed by atoms with Gasteiger partial charge in [0.2, 0.25) is 0 Å². The van der Waals surface area contributed by atoms with Crippen LogP contribution in [0.1, 0.15) is 48.3 Å². The Balaban J connectivity index is 2.10. The van der Waals surface area contributed by atoms with Gasteiger partial charge in [-0.2, -0.15) is 0 Å². The van der Waals surface area contributed by atoms with E-state index in [0.717, 1.165) is 37.2 Å². The second kappa shape index (κ2) is 8.43. The highest BCUT2D eigenvalue weighted by molar-refractivity contribution is 5.92. The van der Waals surface area contributed by atoms with Crippen molar-refractivity contribution in [1.29, 1.82) is 0 Å². The summed E-state index contributed by atoms with van der Waals surface area (Å²) >= 11 is 0. The first-order chi connectivity index (χ1) is 11.5. The van der Waals surface area contributed by atoms with E-state index in [0.29, 0.717) is 11.5 Å². The number of anilines is 2. The molecule has 0 bridgehead atoms. The number of hydrogen-bond acceptors (Lipinski definition) is 4. The van der Waals surface area contributed by atoms with Gasteiger partial charge < -0.3 is 10.2 Å². The third-order valence-corrected chi connectivity index (χ3v) is 3.79. The molecule has 0 atom stereocenters. The molecule has 0 aliphatic heterocycles. The maximum absolute atomic E-state index is 12.5. The number of amides is 1. The first kappa shape index (κ1) is 17.9. The molecule has 128 valence electrons. The van der Waals surface area contributed by atoms with E-state index in [2.05, 4.69) is 42.1 Å². The molecule has 0 fully saturated rings. The van der Waals surface area contributed by atoms with Crippen molar-refractivity contribution in [2.75, 3.05) is 18.4 Å². The SMILES string of the molecule is CCCN(CCC)C(=O)c1cnc(Nc2ccc(C)cc2C)cn1. The minimum atomic E-state index is -0.0516. The molecule has 1 aromatic carbocycles. The molecule has 2 aromatic rings. The van der Waals surface area contributed by atoms with Crippen LogP contribution in [-0.2, 0) is 0 Å². The van der Waals surface area contributed by atoms with Crippen LogP contribution in [0.2, 0.25) is 0 Å². The number of benzene rings is 1. The summed E-state index contributed by atoms with van der Waals surface area (Å²) in [5.41, 5.74) is 3.75. The van der Waals surface area contributed by atoms with E-state index in [1.165, 1.54) is 5.56 Å². The molecule has 24 heavy (non-hydrogen) atoms. The molecule has 0 aliphatic carbocycles. The summed E-state index contributed by atoms with van der Waals surface area (Å²) in [5, 5.41) is 3.25. The summed E-state index contributed by atoms with van der Waals surface area (Å²) in [6, 6.07) is 6.19.